The van der Waals surface area contributed by atoms with Crippen LogP contribution in [0.3, 0.4) is 0 Å². The summed E-state index contributed by atoms with van der Waals surface area (Å²) in [5.41, 5.74) is 8.69. The predicted molar refractivity (Wildman–Crippen MR) is 213 cm³/mol. The van der Waals surface area contributed by atoms with Gasteiger partial charge in [-0.1, -0.05) is 103 Å². The molecular weight excluding hydrogens is 629 g/mol. The molecule has 0 aliphatic carbocycles. The van der Waals surface area contributed by atoms with E-state index >= 15 is 0 Å². The topological polar surface area (TPSA) is 21.3 Å². The molecule has 11 aromatic rings. The normalized spacial score (nSPS) is 12.0. The molecule has 0 fully saturated rings. The third-order valence-corrected chi connectivity index (χ3v) is 11.3. The summed E-state index contributed by atoms with van der Waals surface area (Å²) in [6.45, 7) is 0. The van der Waals surface area contributed by atoms with Crippen molar-refractivity contribution < 1.29 is 4.42 Å². The molecule has 8 aromatic carbocycles. The molecule has 0 atom stereocenters. The maximum absolute atomic E-state index is 6.53. The van der Waals surface area contributed by atoms with Gasteiger partial charge in [-0.25, -0.2) is 0 Å². The minimum Gasteiger partial charge on any atom is -0.455 e. The van der Waals surface area contributed by atoms with Gasteiger partial charge in [-0.2, -0.15) is 0 Å². The quantitative estimate of drug-likeness (QED) is 0.188. The van der Waals surface area contributed by atoms with Gasteiger partial charge in [0.2, 0.25) is 0 Å². The summed E-state index contributed by atoms with van der Waals surface area (Å²) >= 11 is 1.85. The van der Waals surface area contributed by atoms with Crippen molar-refractivity contribution in [1.29, 1.82) is 0 Å². The van der Waals surface area contributed by atoms with E-state index < -0.39 is 0 Å². The lowest BCUT2D eigenvalue weighted by molar-refractivity contribution is 0.672. The number of hydrogen-bond acceptors (Lipinski definition) is 3. The summed E-state index contributed by atoms with van der Waals surface area (Å²) in [6.07, 6.45) is 0. The number of aromatic nitrogens is 1. The van der Waals surface area contributed by atoms with Gasteiger partial charge in [0.15, 0.2) is 0 Å². The van der Waals surface area contributed by atoms with Gasteiger partial charge in [-0.3, -0.25) is 0 Å². The van der Waals surface area contributed by atoms with Crippen molar-refractivity contribution in [3.8, 4) is 5.69 Å². The third-order valence-electron chi connectivity index (χ3n) is 10.2. The molecule has 0 N–H and O–H groups in total. The minimum absolute atomic E-state index is 0.901. The second kappa shape index (κ2) is 10.6. The molecule has 0 bridgehead atoms. The third kappa shape index (κ3) is 3.97. The van der Waals surface area contributed by atoms with Gasteiger partial charge in [0.05, 0.1) is 16.7 Å². The Kier molecular flexibility index (Phi) is 5.83. The largest absolute Gasteiger partial charge is 0.455 e. The highest BCUT2D eigenvalue weighted by Gasteiger charge is 2.22. The molecule has 234 valence electrons. The van der Waals surface area contributed by atoms with Crippen LogP contribution in [0, 0.1) is 0 Å². The van der Waals surface area contributed by atoms with Gasteiger partial charge in [0.25, 0.3) is 0 Å². The first-order valence-corrected chi connectivity index (χ1v) is 17.7. The van der Waals surface area contributed by atoms with Crippen molar-refractivity contribution in [2.45, 2.75) is 0 Å². The number of nitrogens with zero attached hydrogens (tertiary/aromatic N) is 2. The van der Waals surface area contributed by atoms with Gasteiger partial charge in [-0.15, -0.1) is 11.3 Å². The summed E-state index contributed by atoms with van der Waals surface area (Å²) in [6, 6.07) is 61.3. The number of benzene rings is 8. The number of anilines is 3. The highest BCUT2D eigenvalue weighted by molar-refractivity contribution is 7.25. The average Bonchev–Trinajstić information content (AvgIpc) is 3.85. The van der Waals surface area contributed by atoms with E-state index in [2.05, 4.69) is 173 Å². The molecule has 4 heteroatoms. The molecule has 0 saturated heterocycles. The van der Waals surface area contributed by atoms with E-state index in [4.69, 9.17) is 4.42 Å². The summed E-state index contributed by atoms with van der Waals surface area (Å²) in [5, 5.41) is 9.52. The fourth-order valence-corrected chi connectivity index (χ4v) is 9.09. The lowest BCUT2D eigenvalue weighted by Crippen LogP contribution is -2.10. The molecular formula is C46H28N2OS. The van der Waals surface area contributed by atoms with Crippen LogP contribution >= 0.6 is 11.3 Å². The van der Waals surface area contributed by atoms with E-state index in [1.807, 2.05) is 17.4 Å². The van der Waals surface area contributed by atoms with Crippen LogP contribution < -0.4 is 4.90 Å². The fourth-order valence-electron chi connectivity index (χ4n) is 7.95. The Morgan fingerprint density at radius 2 is 1.06 bits per heavy atom. The van der Waals surface area contributed by atoms with E-state index in [9.17, 15) is 0 Å². The van der Waals surface area contributed by atoms with E-state index in [0.717, 1.165) is 55.5 Å². The van der Waals surface area contributed by atoms with Crippen LogP contribution in [0.15, 0.2) is 174 Å². The number of rotatable bonds is 4. The summed E-state index contributed by atoms with van der Waals surface area (Å²) in [4.78, 5) is 2.45. The Hall–Kier alpha value is -6.36. The van der Waals surface area contributed by atoms with Crippen LogP contribution in [0.4, 0.5) is 17.1 Å². The smallest absolute Gasteiger partial charge is 0.143 e. The zero-order chi connectivity index (χ0) is 32.8. The second-order valence-electron chi connectivity index (χ2n) is 12.9. The van der Waals surface area contributed by atoms with Crippen molar-refractivity contribution in [2.24, 2.45) is 0 Å². The SMILES string of the molecule is c1ccc(-n2c3ccccc3c3cc(N(c4ccc5c(c4)sc4ccccc45)c4cc5c6ccccc6oc5c5ccccc45)ccc32)cc1. The van der Waals surface area contributed by atoms with Crippen LogP contribution in [0.5, 0.6) is 0 Å². The lowest BCUT2D eigenvalue weighted by Gasteiger charge is -2.27. The van der Waals surface area contributed by atoms with Crippen LogP contribution in [0.2, 0.25) is 0 Å². The second-order valence-corrected chi connectivity index (χ2v) is 14.0. The standard InChI is InChI=1S/C46H28N2OS/c1-2-12-29(13-3-1)48-40-19-9-6-15-33(40)38-26-30(23-25-41(38)48)47(31-22-24-36-35-17-8-11-21-44(35)50-45(36)27-31)42-28-39-34-16-7-10-20-43(34)49-46(39)37-18-5-4-14-32(37)42/h1-28H. The Bertz CT molecular complexity index is 3110. The Balaban J connectivity index is 1.24. The molecule has 50 heavy (non-hydrogen) atoms. The van der Waals surface area contributed by atoms with E-state index in [-0.39, 0.29) is 0 Å². The van der Waals surface area contributed by atoms with Gasteiger partial charge in [-0.05, 0) is 66.7 Å². The zero-order valence-electron chi connectivity index (χ0n) is 26.9. The first kappa shape index (κ1) is 27.6. The first-order valence-electron chi connectivity index (χ1n) is 16.9. The molecule has 0 aliphatic heterocycles. The van der Waals surface area contributed by atoms with Gasteiger partial charge in [0.1, 0.15) is 11.2 Å². The lowest BCUT2D eigenvalue weighted by atomic mass is 10.0. The van der Waals surface area contributed by atoms with Crippen LogP contribution in [-0.4, -0.2) is 4.57 Å². The number of fused-ring (bicyclic) bond motifs is 11. The van der Waals surface area contributed by atoms with Crippen molar-refractivity contribution in [3.63, 3.8) is 0 Å². The Morgan fingerprint density at radius 1 is 0.420 bits per heavy atom. The van der Waals surface area contributed by atoms with Crippen LogP contribution in [-0.2, 0) is 0 Å². The molecule has 11 rings (SSSR count). The summed E-state index contributed by atoms with van der Waals surface area (Å²) in [5.74, 6) is 0. The molecule has 0 saturated carbocycles. The van der Waals surface area contributed by atoms with Crippen molar-refractivity contribution in [3.05, 3.63) is 170 Å². The molecule has 0 radical (unpaired) electrons. The summed E-state index contributed by atoms with van der Waals surface area (Å²) < 4.78 is 11.5. The minimum atomic E-state index is 0.901. The Morgan fingerprint density at radius 3 is 1.94 bits per heavy atom. The number of thiophene rings is 1. The highest BCUT2D eigenvalue weighted by atomic mass is 32.1. The predicted octanol–water partition coefficient (Wildman–Crippen LogP) is 13.7. The highest BCUT2D eigenvalue weighted by Crippen LogP contribution is 2.47. The number of hydrogen-bond donors (Lipinski definition) is 0. The molecule has 3 aromatic heterocycles. The molecule has 0 unspecified atom stereocenters. The van der Waals surface area contributed by atoms with Gasteiger partial charge >= 0.3 is 0 Å². The van der Waals surface area contributed by atoms with Crippen LogP contribution in [0.25, 0.3) is 80.4 Å². The van der Waals surface area contributed by atoms with E-state index in [0.29, 0.717) is 0 Å². The van der Waals surface area contributed by atoms with Crippen molar-refractivity contribution in [2.75, 3.05) is 4.90 Å². The van der Waals surface area contributed by atoms with Gasteiger partial charge < -0.3 is 13.9 Å². The van der Waals surface area contributed by atoms with Crippen molar-refractivity contribution in [1.82, 2.24) is 4.57 Å². The molecule has 0 spiro atoms. The van der Waals surface area contributed by atoms with Crippen LogP contribution in [0.1, 0.15) is 0 Å². The fraction of sp³-hybridized carbons (Fsp3) is 0. The molecule has 3 nitrogen and oxygen atoms in total. The van der Waals surface area contributed by atoms with Gasteiger partial charge in [0, 0.05) is 69.6 Å². The van der Waals surface area contributed by atoms with Crippen molar-refractivity contribution >= 4 is 103 Å². The number of furan rings is 1. The van der Waals surface area contributed by atoms with E-state index in [1.54, 1.807) is 0 Å². The molecule has 0 amide bonds. The number of para-hydroxylation sites is 3. The zero-order valence-corrected chi connectivity index (χ0v) is 27.7. The first-order chi connectivity index (χ1) is 24.8. The Labute approximate surface area is 291 Å². The average molecular weight is 657 g/mol. The molecule has 0 aliphatic rings. The molecule has 3 heterocycles. The summed E-state index contributed by atoms with van der Waals surface area (Å²) in [7, 11) is 0. The monoisotopic (exact) mass is 656 g/mol. The maximum atomic E-state index is 6.53. The van der Waals surface area contributed by atoms with E-state index in [1.165, 1.54) is 42.0 Å². The maximum Gasteiger partial charge on any atom is 0.143 e.